The quantitative estimate of drug-likeness (QED) is 0.607. The molecule has 1 fully saturated rings. The fourth-order valence-electron chi connectivity index (χ4n) is 3.54. The number of amides is 1. The van der Waals surface area contributed by atoms with Crippen molar-refractivity contribution in [2.24, 2.45) is 0 Å². The van der Waals surface area contributed by atoms with E-state index in [-0.39, 0.29) is 17.9 Å². The van der Waals surface area contributed by atoms with E-state index in [0.717, 1.165) is 17.7 Å². The second-order valence-electron chi connectivity index (χ2n) is 7.62. The highest BCUT2D eigenvalue weighted by Gasteiger charge is 2.34. The summed E-state index contributed by atoms with van der Waals surface area (Å²) in [7, 11) is 0. The molecule has 2 heterocycles. The monoisotopic (exact) mass is 391 g/mol. The van der Waals surface area contributed by atoms with Gasteiger partial charge in [-0.2, -0.15) is 4.98 Å². The van der Waals surface area contributed by atoms with Crippen molar-refractivity contribution in [3.63, 3.8) is 0 Å². The summed E-state index contributed by atoms with van der Waals surface area (Å²) in [6.45, 7) is 5.31. The Morgan fingerprint density at radius 1 is 1.14 bits per heavy atom. The number of likely N-dealkylation sites (tertiary alicyclic amines) is 1. The third-order valence-electron chi connectivity index (χ3n) is 5.00. The van der Waals surface area contributed by atoms with Crippen LogP contribution in [0.15, 0.2) is 59.1 Å². The molecule has 1 aliphatic heterocycles. The lowest BCUT2D eigenvalue weighted by Crippen LogP contribution is -2.27. The van der Waals surface area contributed by atoms with Crippen molar-refractivity contribution in [1.82, 2.24) is 15.0 Å². The van der Waals surface area contributed by atoms with Crippen molar-refractivity contribution in [2.75, 3.05) is 13.1 Å². The molecule has 0 bridgehead atoms. The Morgan fingerprint density at radius 3 is 2.62 bits per heavy atom. The van der Waals surface area contributed by atoms with Gasteiger partial charge in [0, 0.05) is 25.1 Å². The molecule has 1 saturated heterocycles. The molecule has 6 heteroatoms. The Hall–Kier alpha value is -3.15. The van der Waals surface area contributed by atoms with Gasteiger partial charge in [-0.15, -0.1) is 0 Å². The highest BCUT2D eigenvalue weighted by molar-refractivity contribution is 5.79. The van der Waals surface area contributed by atoms with E-state index in [2.05, 4.69) is 22.3 Å². The van der Waals surface area contributed by atoms with Crippen LogP contribution in [0.2, 0.25) is 0 Å². The van der Waals surface area contributed by atoms with Gasteiger partial charge in [0.15, 0.2) is 0 Å². The largest absolute Gasteiger partial charge is 0.491 e. The van der Waals surface area contributed by atoms with Gasteiger partial charge >= 0.3 is 0 Å². The fourth-order valence-corrected chi connectivity index (χ4v) is 3.54. The van der Waals surface area contributed by atoms with Crippen LogP contribution in [0.1, 0.15) is 37.6 Å². The van der Waals surface area contributed by atoms with Crippen LogP contribution in [-0.2, 0) is 11.2 Å². The number of benzene rings is 2. The molecule has 2 aromatic carbocycles. The smallest absolute Gasteiger partial charge is 0.232 e. The zero-order valence-corrected chi connectivity index (χ0v) is 16.7. The summed E-state index contributed by atoms with van der Waals surface area (Å²) in [6, 6.07) is 17.8. The third kappa shape index (κ3) is 4.65. The molecular formula is C23H25N3O3. The van der Waals surface area contributed by atoms with Gasteiger partial charge in [0.2, 0.25) is 17.6 Å². The van der Waals surface area contributed by atoms with Crippen LogP contribution >= 0.6 is 0 Å². The van der Waals surface area contributed by atoms with Crippen molar-refractivity contribution in [3.8, 4) is 17.1 Å². The number of carbonyl (C=O) groups is 1. The van der Waals surface area contributed by atoms with Gasteiger partial charge < -0.3 is 14.2 Å². The van der Waals surface area contributed by atoms with Crippen LogP contribution in [0.25, 0.3) is 11.4 Å². The fraction of sp³-hybridized carbons (Fsp3) is 0.348. The van der Waals surface area contributed by atoms with Gasteiger partial charge in [-0.25, -0.2) is 0 Å². The van der Waals surface area contributed by atoms with Gasteiger partial charge in [0.1, 0.15) is 5.75 Å². The molecule has 0 aliphatic carbocycles. The van der Waals surface area contributed by atoms with Crippen LogP contribution < -0.4 is 4.74 Å². The Bertz CT molecular complexity index is 951. The van der Waals surface area contributed by atoms with E-state index >= 15 is 0 Å². The molecule has 1 atom stereocenters. The second-order valence-corrected chi connectivity index (χ2v) is 7.62. The maximum absolute atomic E-state index is 12.4. The number of aromatic nitrogens is 2. The van der Waals surface area contributed by atoms with Crippen LogP contribution in [-0.4, -0.2) is 40.1 Å². The van der Waals surface area contributed by atoms with Crippen molar-refractivity contribution in [3.05, 3.63) is 66.1 Å². The molecule has 1 aromatic heterocycles. The van der Waals surface area contributed by atoms with Gasteiger partial charge in [0.25, 0.3) is 0 Å². The Balaban J connectivity index is 1.38. The normalized spacial score (nSPS) is 16.6. The maximum atomic E-state index is 12.4. The lowest BCUT2D eigenvalue weighted by atomic mass is 10.1. The first-order valence-electron chi connectivity index (χ1n) is 10.0. The minimum atomic E-state index is -0.0527. The van der Waals surface area contributed by atoms with Crippen molar-refractivity contribution in [2.45, 2.75) is 38.7 Å². The maximum Gasteiger partial charge on any atom is 0.232 e. The number of ether oxygens (including phenoxy) is 1. The minimum Gasteiger partial charge on any atom is -0.491 e. The first kappa shape index (κ1) is 19.2. The number of rotatable bonds is 7. The Kier molecular flexibility index (Phi) is 5.60. The lowest BCUT2D eigenvalue weighted by Gasteiger charge is -2.15. The van der Waals surface area contributed by atoms with E-state index in [4.69, 9.17) is 9.26 Å². The molecule has 3 aromatic rings. The molecular weight excluding hydrogens is 366 g/mol. The topological polar surface area (TPSA) is 68.5 Å². The molecule has 29 heavy (non-hydrogen) atoms. The molecule has 0 saturated carbocycles. The highest BCUT2D eigenvalue weighted by Crippen LogP contribution is 2.29. The molecule has 4 rings (SSSR count). The Labute approximate surface area is 170 Å². The van der Waals surface area contributed by atoms with E-state index in [0.29, 0.717) is 31.2 Å². The molecule has 1 unspecified atom stereocenters. The summed E-state index contributed by atoms with van der Waals surface area (Å²) in [5.74, 6) is 1.95. The Morgan fingerprint density at radius 2 is 1.90 bits per heavy atom. The first-order chi connectivity index (χ1) is 14.1. The lowest BCUT2D eigenvalue weighted by molar-refractivity contribution is -0.127. The standard InChI is InChI=1S/C23H25N3O3/c1-16(2)28-20-10-8-18(9-11-20)22-24-23(29-25-22)19-14-21(27)26(15-19)13-12-17-6-4-3-5-7-17/h3-11,16,19H,12-15H2,1-2H3. The predicted molar refractivity (Wildman–Crippen MR) is 110 cm³/mol. The molecule has 0 radical (unpaired) electrons. The summed E-state index contributed by atoms with van der Waals surface area (Å²) < 4.78 is 11.1. The number of hydrogen-bond acceptors (Lipinski definition) is 5. The van der Waals surface area contributed by atoms with Crippen LogP contribution in [0, 0.1) is 0 Å². The van der Waals surface area contributed by atoms with Crippen LogP contribution in [0.3, 0.4) is 0 Å². The summed E-state index contributed by atoms with van der Waals surface area (Å²) in [5, 5.41) is 4.11. The molecule has 150 valence electrons. The average molecular weight is 391 g/mol. The van der Waals surface area contributed by atoms with Crippen molar-refractivity contribution in [1.29, 1.82) is 0 Å². The summed E-state index contributed by atoms with van der Waals surface area (Å²) in [4.78, 5) is 18.8. The zero-order chi connectivity index (χ0) is 20.2. The van der Waals surface area contributed by atoms with Gasteiger partial charge in [-0.05, 0) is 50.1 Å². The zero-order valence-electron chi connectivity index (χ0n) is 16.7. The van der Waals surface area contributed by atoms with E-state index in [9.17, 15) is 4.79 Å². The number of nitrogens with zero attached hydrogens (tertiary/aromatic N) is 3. The van der Waals surface area contributed by atoms with Gasteiger partial charge in [0.05, 0.1) is 12.0 Å². The summed E-state index contributed by atoms with van der Waals surface area (Å²) in [6.07, 6.45) is 1.39. The van der Waals surface area contributed by atoms with E-state index in [1.165, 1.54) is 5.56 Å². The molecule has 1 amide bonds. The van der Waals surface area contributed by atoms with E-state index in [1.807, 2.05) is 61.2 Å². The first-order valence-corrected chi connectivity index (χ1v) is 10.0. The van der Waals surface area contributed by atoms with Crippen LogP contribution in [0.5, 0.6) is 5.75 Å². The number of carbonyl (C=O) groups excluding carboxylic acids is 1. The molecule has 0 spiro atoms. The minimum absolute atomic E-state index is 0.0527. The predicted octanol–water partition coefficient (Wildman–Crippen LogP) is 4.08. The highest BCUT2D eigenvalue weighted by atomic mass is 16.5. The second kappa shape index (κ2) is 8.47. The third-order valence-corrected chi connectivity index (χ3v) is 5.00. The molecule has 1 aliphatic rings. The number of hydrogen-bond donors (Lipinski definition) is 0. The van der Waals surface area contributed by atoms with E-state index < -0.39 is 0 Å². The molecule has 6 nitrogen and oxygen atoms in total. The molecule has 0 N–H and O–H groups in total. The van der Waals surface area contributed by atoms with E-state index in [1.54, 1.807) is 0 Å². The van der Waals surface area contributed by atoms with Crippen molar-refractivity contribution < 1.29 is 14.1 Å². The van der Waals surface area contributed by atoms with Gasteiger partial charge in [-0.1, -0.05) is 35.5 Å². The summed E-state index contributed by atoms with van der Waals surface area (Å²) >= 11 is 0. The SMILES string of the molecule is CC(C)Oc1ccc(-c2noc(C3CC(=O)N(CCc4ccccc4)C3)n2)cc1. The summed E-state index contributed by atoms with van der Waals surface area (Å²) in [5.41, 5.74) is 2.09. The average Bonchev–Trinajstić information content (AvgIpc) is 3.34. The van der Waals surface area contributed by atoms with Crippen molar-refractivity contribution >= 4 is 5.91 Å². The van der Waals surface area contributed by atoms with Gasteiger partial charge in [-0.3, -0.25) is 4.79 Å². The van der Waals surface area contributed by atoms with Crippen LogP contribution in [0.4, 0.5) is 0 Å².